The van der Waals surface area contributed by atoms with Gasteiger partial charge in [0.25, 0.3) is 12.3 Å². The zero-order chi connectivity index (χ0) is 50.4. The SMILES string of the molecule is COOSOc1ccc2c(Cc3ccc(OCCN4CCCCC4)cc3)c(-c3ccc(C)cc3)c(=O)oc2c1.Cc1ccc(-c2c(Cc3ccc(OCCCN(C)C)cc3)c3ccc(O)cc3oc2=O)cc1. The molecule has 1 aliphatic rings. The number of hydrogen-bond acceptors (Lipinski definition) is 13. The Morgan fingerprint density at radius 2 is 1.11 bits per heavy atom. The van der Waals surface area contributed by atoms with E-state index in [-0.39, 0.29) is 5.75 Å². The van der Waals surface area contributed by atoms with Crippen molar-refractivity contribution >= 4 is 34.3 Å². The van der Waals surface area contributed by atoms with E-state index in [9.17, 15) is 14.7 Å². The van der Waals surface area contributed by atoms with Crippen LogP contribution in [-0.2, 0) is 22.1 Å². The van der Waals surface area contributed by atoms with E-state index in [1.54, 1.807) is 12.1 Å². The molecule has 1 N–H and O–H groups in total. The largest absolute Gasteiger partial charge is 0.508 e. The summed E-state index contributed by atoms with van der Waals surface area (Å²) in [6.07, 6.45) is 5.97. The van der Waals surface area contributed by atoms with Crippen molar-refractivity contribution in [3.05, 3.63) is 188 Å². The van der Waals surface area contributed by atoms with Crippen molar-refractivity contribution in [3.63, 3.8) is 0 Å². The molecule has 0 aliphatic carbocycles. The third kappa shape index (κ3) is 13.7. The van der Waals surface area contributed by atoms with Gasteiger partial charge >= 0.3 is 11.3 Å². The molecule has 6 aromatic carbocycles. The van der Waals surface area contributed by atoms with Gasteiger partial charge < -0.3 is 32.5 Å². The van der Waals surface area contributed by atoms with Gasteiger partial charge in [0.2, 0.25) is 0 Å². The molecule has 1 aliphatic heterocycles. The Bertz CT molecular complexity index is 3150. The zero-order valence-corrected chi connectivity index (χ0v) is 42.4. The van der Waals surface area contributed by atoms with Gasteiger partial charge in [-0.15, -0.1) is 4.33 Å². The molecule has 2 aromatic heterocycles. The number of phenolic OH excluding ortho intramolecular Hbond substituents is 1. The lowest BCUT2D eigenvalue weighted by molar-refractivity contribution is -0.164. The summed E-state index contributed by atoms with van der Waals surface area (Å²) in [5.74, 6) is 2.23. The second-order valence-electron chi connectivity index (χ2n) is 18.3. The Kier molecular flexibility index (Phi) is 17.9. The third-order valence-corrected chi connectivity index (χ3v) is 13.1. The van der Waals surface area contributed by atoms with Gasteiger partial charge in [0.05, 0.1) is 24.8 Å². The van der Waals surface area contributed by atoms with Crippen LogP contribution in [0.1, 0.15) is 59.1 Å². The molecule has 0 radical (unpaired) electrons. The van der Waals surface area contributed by atoms with Crippen molar-refractivity contribution in [1.29, 1.82) is 0 Å². The van der Waals surface area contributed by atoms with E-state index in [0.717, 1.165) is 99.4 Å². The van der Waals surface area contributed by atoms with Crippen LogP contribution in [0.2, 0.25) is 0 Å². The molecule has 1 saturated heterocycles. The van der Waals surface area contributed by atoms with Gasteiger partial charge in [-0.05, 0) is 155 Å². The highest BCUT2D eigenvalue weighted by molar-refractivity contribution is 7.90. The lowest BCUT2D eigenvalue weighted by Gasteiger charge is -2.26. The molecule has 0 spiro atoms. The van der Waals surface area contributed by atoms with Crippen molar-refractivity contribution < 1.29 is 36.8 Å². The molecule has 3 heterocycles. The zero-order valence-electron chi connectivity index (χ0n) is 41.6. The minimum Gasteiger partial charge on any atom is -0.508 e. The van der Waals surface area contributed by atoms with E-state index in [0.29, 0.717) is 66.4 Å². The smallest absolute Gasteiger partial charge is 0.344 e. The summed E-state index contributed by atoms with van der Waals surface area (Å²) in [5.41, 5.74) is 8.94. The highest BCUT2D eigenvalue weighted by Crippen LogP contribution is 2.34. The number of benzene rings is 6. The molecule has 0 saturated carbocycles. The highest BCUT2D eigenvalue weighted by atomic mass is 32.2. The first-order chi connectivity index (χ1) is 35.0. The number of aromatic hydroxyl groups is 1. The number of rotatable bonds is 19. The second-order valence-corrected chi connectivity index (χ2v) is 18.8. The van der Waals surface area contributed by atoms with E-state index >= 15 is 0 Å². The van der Waals surface area contributed by atoms with Crippen LogP contribution in [0.5, 0.6) is 23.0 Å². The van der Waals surface area contributed by atoms with Crippen LogP contribution in [0.4, 0.5) is 0 Å². The number of phenols is 1. The Hall–Kier alpha value is -6.87. The topological polar surface area (TPSA) is 133 Å². The fourth-order valence-corrected chi connectivity index (χ4v) is 9.15. The van der Waals surface area contributed by atoms with Gasteiger partial charge in [-0.25, -0.2) is 14.5 Å². The number of hydrogen-bond donors (Lipinski definition) is 1. The minimum atomic E-state index is -0.409. The molecule has 1 fully saturated rings. The quantitative estimate of drug-likeness (QED) is 0.0271. The van der Waals surface area contributed by atoms with Crippen LogP contribution in [0.25, 0.3) is 44.2 Å². The summed E-state index contributed by atoms with van der Waals surface area (Å²) >= 11 is 0.686. The molecular formula is C59H62N2O10S. The van der Waals surface area contributed by atoms with Crippen LogP contribution in [-0.4, -0.2) is 75.5 Å². The molecule has 374 valence electrons. The van der Waals surface area contributed by atoms with Crippen LogP contribution in [0.3, 0.4) is 0 Å². The number of likely N-dealkylation sites (tertiary alicyclic amines) is 1. The van der Waals surface area contributed by atoms with Gasteiger partial charge in [0, 0.05) is 36.0 Å². The predicted octanol–water partition coefficient (Wildman–Crippen LogP) is 12.1. The second kappa shape index (κ2) is 25.0. The number of aryl methyl sites for hydroxylation is 2. The van der Waals surface area contributed by atoms with Crippen molar-refractivity contribution in [2.45, 2.75) is 52.4 Å². The van der Waals surface area contributed by atoms with Gasteiger partial charge in [0.1, 0.15) is 40.8 Å². The number of piperidine rings is 1. The number of fused-ring (bicyclic) bond motifs is 2. The van der Waals surface area contributed by atoms with Gasteiger partial charge in [-0.3, -0.25) is 4.90 Å². The first-order valence-corrected chi connectivity index (χ1v) is 25.0. The molecule has 8 aromatic rings. The fraction of sp³-hybridized carbons (Fsp3) is 0.288. The van der Waals surface area contributed by atoms with E-state index in [4.69, 9.17) is 26.8 Å². The van der Waals surface area contributed by atoms with Gasteiger partial charge in [0.15, 0.2) is 0 Å². The van der Waals surface area contributed by atoms with E-state index in [1.165, 1.54) is 32.4 Å². The van der Waals surface area contributed by atoms with E-state index < -0.39 is 11.3 Å². The molecule has 9 rings (SSSR count). The summed E-state index contributed by atoms with van der Waals surface area (Å²) in [6, 6.07) is 42.3. The average Bonchev–Trinajstić information content (AvgIpc) is 3.37. The summed E-state index contributed by atoms with van der Waals surface area (Å²) in [7, 11) is 5.49. The van der Waals surface area contributed by atoms with Crippen molar-refractivity contribution in [3.8, 4) is 45.3 Å². The van der Waals surface area contributed by atoms with Crippen LogP contribution in [0, 0.1) is 13.8 Å². The van der Waals surface area contributed by atoms with Crippen LogP contribution < -0.4 is 24.9 Å². The average molecular weight is 991 g/mol. The maximum atomic E-state index is 13.3. The first kappa shape index (κ1) is 51.5. The summed E-state index contributed by atoms with van der Waals surface area (Å²) < 4.78 is 33.4. The van der Waals surface area contributed by atoms with Crippen LogP contribution in [0.15, 0.2) is 152 Å². The normalized spacial score (nSPS) is 12.8. The number of ether oxygens (including phenoxy) is 2. The molecule has 0 unspecified atom stereocenters. The van der Waals surface area contributed by atoms with Gasteiger partial charge in [-0.2, -0.15) is 0 Å². The first-order valence-electron chi connectivity index (χ1n) is 24.4. The lowest BCUT2D eigenvalue weighted by Crippen LogP contribution is -2.33. The Labute approximate surface area is 425 Å². The Balaban J connectivity index is 0.000000195. The Morgan fingerprint density at radius 3 is 1.64 bits per heavy atom. The molecule has 0 bridgehead atoms. The molecule has 12 nitrogen and oxygen atoms in total. The lowest BCUT2D eigenvalue weighted by atomic mass is 9.93. The number of nitrogens with zero attached hydrogens (tertiary/aromatic N) is 2. The van der Waals surface area contributed by atoms with E-state index in [1.807, 2.05) is 117 Å². The standard InChI is InChI=1S/C31H33NO6S.C28H29NO4/c1-22-6-10-24(11-7-22)30-28(27-15-14-26(37-39-38-34-2)21-29(27)36-31(30)33)20-23-8-12-25(13-9-23)35-19-18-32-16-4-3-5-17-32;1-19-5-9-21(10-6-19)27-25(24-14-11-22(30)18-26(24)33-28(27)31)17-20-7-12-23(13-8-20)32-16-4-15-29(2)3/h6-15,21H,3-5,16-20H2,1-2H3;5-14,18,30H,4,15-17H2,1-3H3. The fourth-order valence-electron chi connectivity index (χ4n) is 8.89. The Morgan fingerprint density at radius 1 is 0.611 bits per heavy atom. The highest BCUT2D eigenvalue weighted by Gasteiger charge is 2.20. The maximum absolute atomic E-state index is 13.3. The molecular weight excluding hydrogens is 929 g/mol. The summed E-state index contributed by atoms with van der Waals surface area (Å²) in [5, 5.41) is 11.5. The summed E-state index contributed by atoms with van der Waals surface area (Å²) in [4.78, 5) is 35.5. The van der Waals surface area contributed by atoms with Crippen molar-refractivity contribution in [2.24, 2.45) is 0 Å². The van der Waals surface area contributed by atoms with Crippen LogP contribution >= 0.6 is 12.3 Å². The third-order valence-electron chi connectivity index (χ3n) is 12.6. The van der Waals surface area contributed by atoms with Gasteiger partial charge in [-0.1, -0.05) is 90.3 Å². The van der Waals surface area contributed by atoms with Crippen molar-refractivity contribution in [1.82, 2.24) is 9.80 Å². The predicted molar refractivity (Wildman–Crippen MR) is 286 cm³/mol. The van der Waals surface area contributed by atoms with E-state index in [2.05, 4.69) is 40.9 Å². The molecule has 0 atom stereocenters. The molecule has 0 amide bonds. The maximum Gasteiger partial charge on any atom is 0.344 e. The van der Waals surface area contributed by atoms with Crippen molar-refractivity contribution in [2.75, 3.05) is 60.6 Å². The monoisotopic (exact) mass is 990 g/mol. The molecule has 13 heteroatoms. The molecule has 72 heavy (non-hydrogen) atoms. The summed E-state index contributed by atoms with van der Waals surface area (Å²) in [6.45, 7) is 9.66. The minimum absolute atomic E-state index is 0.0652.